The summed E-state index contributed by atoms with van der Waals surface area (Å²) in [6.45, 7) is 2.06. The van der Waals surface area contributed by atoms with Gasteiger partial charge in [-0.25, -0.2) is 17.6 Å². The molecular weight excluding hydrogens is 400 g/mol. The lowest BCUT2D eigenvalue weighted by molar-refractivity contribution is 0.508. The SMILES string of the molecule is CCCc1ccc(C2CCc3c(ccc(C#Cc4ccc(F)c(F)c4)c3F)C2)c(F)c1. The molecule has 0 nitrogen and oxygen atoms in total. The van der Waals surface area contributed by atoms with E-state index in [0.717, 1.165) is 36.1 Å². The Morgan fingerprint density at radius 2 is 1.71 bits per heavy atom. The van der Waals surface area contributed by atoms with Crippen LogP contribution in [0.2, 0.25) is 0 Å². The van der Waals surface area contributed by atoms with Crippen molar-refractivity contribution in [1.29, 1.82) is 0 Å². The van der Waals surface area contributed by atoms with Crippen LogP contribution in [0.5, 0.6) is 0 Å². The highest BCUT2D eigenvalue weighted by Crippen LogP contribution is 2.36. The number of halogens is 4. The molecule has 1 unspecified atom stereocenters. The van der Waals surface area contributed by atoms with Gasteiger partial charge in [-0.05, 0) is 84.2 Å². The van der Waals surface area contributed by atoms with Crippen LogP contribution in [0.1, 0.15) is 59.1 Å². The van der Waals surface area contributed by atoms with Crippen molar-refractivity contribution in [2.75, 3.05) is 0 Å². The zero-order chi connectivity index (χ0) is 22.0. The Morgan fingerprint density at radius 3 is 2.45 bits per heavy atom. The molecule has 0 spiro atoms. The van der Waals surface area contributed by atoms with E-state index in [0.29, 0.717) is 30.4 Å². The number of aryl methyl sites for hydroxylation is 1. The molecule has 1 aliphatic rings. The van der Waals surface area contributed by atoms with E-state index in [9.17, 15) is 13.2 Å². The first-order valence-corrected chi connectivity index (χ1v) is 10.5. The lowest BCUT2D eigenvalue weighted by Crippen LogP contribution is -2.16. The van der Waals surface area contributed by atoms with Crippen molar-refractivity contribution in [2.24, 2.45) is 0 Å². The van der Waals surface area contributed by atoms with Crippen LogP contribution in [0.25, 0.3) is 0 Å². The molecule has 3 aromatic carbocycles. The third-order valence-corrected chi connectivity index (χ3v) is 5.85. The highest BCUT2D eigenvalue weighted by Gasteiger charge is 2.25. The van der Waals surface area contributed by atoms with Gasteiger partial charge in [0.1, 0.15) is 11.6 Å². The fraction of sp³-hybridized carbons (Fsp3) is 0.259. The summed E-state index contributed by atoms with van der Waals surface area (Å²) in [5, 5.41) is 0. The normalized spacial score (nSPS) is 15.2. The molecule has 0 heterocycles. The van der Waals surface area contributed by atoms with E-state index < -0.39 is 11.6 Å². The van der Waals surface area contributed by atoms with Crippen molar-refractivity contribution in [3.63, 3.8) is 0 Å². The first-order valence-electron chi connectivity index (χ1n) is 10.5. The second-order valence-corrected chi connectivity index (χ2v) is 7.99. The molecule has 0 amide bonds. The highest BCUT2D eigenvalue weighted by molar-refractivity contribution is 5.48. The van der Waals surface area contributed by atoms with Crippen molar-refractivity contribution < 1.29 is 17.6 Å². The van der Waals surface area contributed by atoms with Gasteiger partial charge in [0, 0.05) is 5.56 Å². The fourth-order valence-electron chi connectivity index (χ4n) is 4.23. The zero-order valence-corrected chi connectivity index (χ0v) is 17.2. The molecule has 0 bridgehead atoms. The maximum Gasteiger partial charge on any atom is 0.160 e. The first kappa shape index (κ1) is 21.2. The van der Waals surface area contributed by atoms with Gasteiger partial charge in [-0.3, -0.25) is 0 Å². The van der Waals surface area contributed by atoms with Crippen molar-refractivity contribution in [1.82, 2.24) is 0 Å². The van der Waals surface area contributed by atoms with E-state index in [4.69, 9.17) is 0 Å². The molecule has 0 aromatic heterocycles. The van der Waals surface area contributed by atoms with Gasteiger partial charge in [-0.15, -0.1) is 0 Å². The molecule has 31 heavy (non-hydrogen) atoms. The Bertz CT molecular complexity index is 1180. The third-order valence-electron chi connectivity index (χ3n) is 5.85. The summed E-state index contributed by atoms with van der Waals surface area (Å²) in [4.78, 5) is 0. The highest BCUT2D eigenvalue weighted by atomic mass is 19.2. The van der Waals surface area contributed by atoms with Gasteiger partial charge < -0.3 is 0 Å². The number of hydrogen-bond acceptors (Lipinski definition) is 0. The van der Waals surface area contributed by atoms with Crippen LogP contribution in [0, 0.1) is 35.1 Å². The summed E-state index contributed by atoms with van der Waals surface area (Å²) in [7, 11) is 0. The van der Waals surface area contributed by atoms with Gasteiger partial charge in [-0.1, -0.05) is 43.4 Å². The van der Waals surface area contributed by atoms with Crippen LogP contribution in [-0.2, 0) is 19.3 Å². The number of rotatable bonds is 3. The Hall–Kier alpha value is -3.06. The molecule has 0 fully saturated rings. The van der Waals surface area contributed by atoms with Crippen LogP contribution in [0.4, 0.5) is 17.6 Å². The van der Waals surface area contributed by atoms with Crippen LogP contribution in [0.3, 0.4) is 0 Å². The quantitative estimate of drug-likeness (QED) is 0.319. The molecule has 1 atom stereocenters. The summed E-state index contributed by atoms with van der Waals surface area (Å²) in [5.74, 6) is 2.92. The van der Waals surface area contributed by atoms with Crippen molar-refractivity contribution in [2.45, 2.75) is 44.9 Å². The average molecular weight is 422 g/mol. The van der Waals surface area contributed by atoms with Crippen molar-refractivity contribution >= 4 is 0 Å². The number of hydrogen-bond donors (Lipinski definition) is 0. The van der Waals surface area contributed by atoms with Gasteiger partial charge in [0.25, 0.3) is 0 Å². The van der Waals surface area contributed by atoms with E-state index in [1.165, 1.54) is 6.07 Å². The summed E-state index contributed by atoms with van der Waals surface area (Å²) < 4.78 is 56.1. The van der Waals surface area contributed by atoms with Crippen LogP contribution in [-0.4, -0.2) is 0 Å². The zero-order valence-electron chi connectivity index (χ0n) is 17.2. The lowest BCUT2D eigenvalue weighted by atomic mass is 9.79. The molecule has 4 heteroatoms. The summed E-state index contributed by atoms with van der Waals surface area (Å²) >= 11 is 0. The Kier molecular flexibility index (Phi) is 6.13. The smallest absolute Gasteiger partial charge is 0.160 e. The minimum atomic E-state index is -0.987. The van der Waals surface area contributed by atoms with Crippen LogP contribution < -0.4 is 0 Å². The Morgan fingerprint density at radius 1 is 0.871 bits per heavy atom. The maximum absolute atomic E-state index is 15.0. The van der Waals surface area contributed by atoms with E-state index in [2.05, 4.69) is 18.8 Å². The largest absolute Gasteiger partial charge is 0.207 e. The molecule has 0 saturated carbocycles. The molecule has 1 aliphatic carbocycles. The molecule has 0 radical (unpaired) electrons. The molecule has 4 rings (SSSR count). The standard InChI is InChI=1S/C27H22F4/c1-2-3-17-5-11-22(25(29)14-17)20-10-12-23-21(16-20)9-8-19(27(23)31)7-4-18-6-13-24(28)26(30)15-18/h5-6,8-9,11,13-15,20H,2-3,10,12,16H2,1H3. The van der Waals surface area contributed by atoms with E-state index in [1.807, 2.05) is 18.2 Å². The van der Waals surface area contributed by atoms with Gasteiger partial charge in [0.05, 0.1) is 5.56 Å². The van der Waals surface area contributed by atoms with Crippen LogP contribution in [0.15, 0.2) is 48.5 Å². The minimum Gasteiger partial charge on any atom is -0.207 e. The second kappa shape index (κ2) is 8.98. The van der Waals surface area contributed by atoms with Crippen LogP contribution >= 0.6 is 0 Å². The van der Waals surface area contributed by atoms with Gasteiger partial charge in [0.2, 0.25) is 0 Å². The Labute approximate surface area is 179 Å². The fourth-order valence-corrected chi connectivity index (χ4v) is 4.23. The second-order valence-electron chi connectivity index (χ2n) is 7.99. The average Bonchev–Trinajstić information content (AvgIpc) is 2.76. The van der Waals surface area contributed by atoms with Gasteiger partial charge >= 0.3 is 0 Å². The van der Waals surface area contributed by atoms with E-state index in [1.54, 1.807) is 12.1 Å². The van der Waals surface area contributed by atoms with Gasteiger partial charge in [-0.2, -0.15) is 0 Å². The monoisotopic (exact) mass is 422 g/mol. The molecule has 0 aliphatic heterocycles. The topological polar surface area (TPSA) is 0 Å². The predicted molar refractivity (Wildman–Crippen MR) is 114 cm³/mol. The molecule has 3 aromatic rings. The molecule has 0 saturated heterocycles. The summed E-state index contributed by atoms with van der Waals surface area (Å²) in [6, 6.07) is 12.2. The number of fused-ring (bicyclic) bond motifs is 1. The van der Waals surface area contributed by atoms with Crippen molar-refractivity contribution in [3.05, 3.63) is 105 Å². The first-order chi connectivity index (χ1) is 15.0. The third kappa shape index (κ3) is 4.51. The van der Waals surface area contributed by atoms with E-state index in [-0.39, 0.29) is 28.7 Å². The predicted octanol–water partition coefficient (Wildman–Crippen LogP) is 6.87. The minimum absolute atomic E-state index is 0.0155. The summed E-state index contributed by atoms with van der Waals surface area (Å²) in [6.07, 6.45) is 3.56. The van der Waals surface area contributed by atoms with E-state index >= 15 is 4.39 Å². The molecular formula is C27H22F4. The maximum atomic E-state index is 15.0. The summed E-state index contributed by atoms with van der Waals surface area (Å²) in [5.41, 5.74) is 3.65. The molecule has 0 N–H and O–H groups in total. The van der Waals surface area contributed by atoms with Gasteiger partial charge in [0.15, 0.2) is 11.6 Å². The molecule has 158 valence electrons. The lowest BCUT2D eigenvalue weighted by Gasteiger charge is -2.26. The van der Waals surface area contributed by atoms with Crippen molar-refractivity contribution in [3.8, 4) is 11.8 Å². The Balaban J connectivity index is 1.56. The number of benzene rings is 3.